The van der Waals surface area contributed by atoms with E-state index in [1.54, 1.807) is 41.9 Å². The molecule has 2 aromatic heterocycles. The Morgan fingerprint density at radius 3 is 2.82 bits per heavy atom. The van der Waals surface area contributed by atoms with Gasteiger partial charge in [-0.2, -0.15) is 0 Å². The fourth-order valence-corrected chi connectivity index (χ4v) is 5.65. The van der Waals surface area contributed by atoms with Crippen molar-refractivity contribution in [3.05, 3.63) is 46.6 Å². The van der Waals surface area contributed by atoms with Crippen LogP contribution in [0, 0.1) is 5.92 Å². The summed E-state index contributed by atoms with van der Waals surface area (Å²) in [6, 6.07) is 6.53. The summed E-state index contributed by atoms with van der Waals surface area (Å²) < 4.78 is 0. The lowest BCUT2D eigenvalue weighted by molar-refractivity contribution is -0.113. The maximum absolute atomic E-state index is 12.3. The van der Waals surface area contributed by atoms with Crippen LogP contribution in [-0.2, 0) is 17.6 Å². The number of aromatic nitrogens is 2. The Bertz CT molecular complexity index is 1050. The molecule has 0 bridgehead atoms. The molecule has 0 fully saturated rings. The van der Waals surface area contributed by atoms with Gasteiger partial charge in [0.1, 0.15) is 16.2 Å². The van der Waals surface area contributed by atoms with Crippen LogP contribution in [0.25, 0.3) is 10.2 Å². The number of hydrogen-bond donors (Lipinski definition) is 2. The number of nitrogens with two attached hydrogens (primary N) is 1. The van der Waals surface area contributed by atoms with Crippen molar-refractivity contribution >= 4 is 50.8 Å². The van der Waals surface area contributed by atoms with E-state index in [4.69, 9.17) is 5.73 Å². The molecule has 2 heterocycles. The second kappa shape index (κ2) is 7.89. The summed E-state index contributed by atoms with van der Waals surface area (Å²) >= 11 is 3.19. The Hall–Kier alpha value is -2.45. The molecule has 144 valence electrons. The van der Waals surface area contributed by atoms with Crippen LogP contribution in [0.2, 0.25) is 0 Å². The number of benzene rings is 1. The number of thioether (sulfide) groups is 1. The Labute approximate surface area is 170 Å². The van der Waals surface area contributed by atoms with E-state index in [2.05, 4.69) is 22.2 Å². The van der Waals surface area contributed by atoms with Crippen LogP contribution in [0.3, 0.4) is 0 Å². The number of aryl methyl sites for hydroxylation is 1. The molecule has 0 saturated heterocycles. The van der Waals surface area contributed by atoms with Crippen molar-refractivity contribution in [1.29, 1.82) is 0 Å². The smallest absolute Gasteiger partial charge is 0.248 e. The maximum atomic E-state index is 12.3. The third-order valence-electron chi connectivity index (χ3n) is 4.85. The highest BCUT2D eigenvalue weighted by atomic mass is 32.2. The second-order valence-corrected chi connectivity index (χ2v) is 9.04. The van der Waals surface area contributed by atoms with Gasteiger partial charge in [-0.3, -0.25) is 9.59 Å². The molecular formula is C20H20N4O2S2. The highest BCUT2D eigenvalue weighted by molar-refractivity contribution is 8.00. The first kappa shape index (κ1) is 18.9. The van der Waals surface area contributed by atoms with Crippen LogP contribution >= 0.6 is 23.1 Å². The molecule has 0 aliphatic heterocycles. The minimum absolute atomic E-state index is 0.124. The first-order chi connectivity index (χ1) is 13.5. The number of anilines is 1. The largest absolute Gasteiger partial charge is 0.366 e. The number of rotatable bonds is 5. The molecule has 6 nitrogen and oxygen atoms in total. The summed E-state index contributed by atoms with van der Waals surface area (Å²) in [6.45, 7) is 2.29. The van der Waals surface area contributed by atoms with Gasteiger partial charge in [-0.25, -0.2) is 9.97 Å². The molecule has 0 unspecified atom stereocenters. The maximum Gasteiger partial charge on any atom is 0.248 e. The van der Waals surface area contributed by atoms with Gasteiger partial charge in [0.2, 0.25) is 11.8 Å². The molecule has 0 saturated carbocycles. The van der Waals surface area contributed by atoms with Gasteiger partial charge in [-0.1, -0.05) is 18.7 Å². The van der Waals surface area contributed by atoms with Gasteiger partial charge >= 0.3 is 0 Å². The molecular weight excluding hydrogens is 392 g/mol. The number of nitrogens with one attached hydrogen (secondary N) is 1. The molecule has 3 N–H and O–H groups in total. The van der Waals surface area contributed by atoms with E-state index in [-0.39, 0.29) is 11.7 Å². The standard InChI is InChI=1S/C20H20N4O2S2/c1-11-2-7-14-15(8-11)28-20-17(14)19(22-10-23-20)27-9-16(25)24-13-5-3-12(4-6-13)18(21)26/h3-6,10-11H,2,7-9H2,1H3,(H2,21,26)(H,24,25)/t11-/m0/s1. The Kier molecular flexibility index (Phi) is 5.32. The lowest BCUT2D eigenvalue weighted by Crippen LogP contribution is -2.15. The quantitative estimate of drug-likeness (QED) is 0.492. The number of thiophene rings is 1. The number of nitrogens with zero attached hydrogens (tertiary/aromatic N) is 2. The number of primary amides is 1. The van der Waals surface area contributed by atoms with Crippen LogP contribution in [0.15, 0.2) is 35.6 Å². The molecule has 8 heteroatoms. The molecule has 0 radical (unpaired) electrons. The van der Waals surface area contributed by atoms with E-state index < -0.39 is 5.91 Å². The van der Waals surface area contributed by atoms with Crippen LogP contribution in [0.5, 0.6) is 0 Å². The van der Waals surface area contributed by atoms with E-state index in [1.165, 1.54) is 28.6 Å². The zero-order chi connectivity index (χ0) is 19.7. The average molecular weight is 413 g/mol. The highest BCUT2D eigenvalue weighted by Crippen LogP contribution is 2.40. The zero-order valence-electron chi connectivity index (χ0n) is 15.4. The highest BCUT2D eigenvalue weighted by Gasteiger charge is 2.23. The summed E-state index contributed by atoms with van der Waals surface area (Å²) in [6.07, 6.45) is 4.91. The lowest BCUT2D eigenvalue weighted by Gasteiger charge is -2.18. The summed E-state index contributed by atoms with van der Waals surface area (Å²) in [5.41, 5.74) is 7.63. The van der Waals surface area contributed by atoms with Crippen molar-refractivity contribution in [3.8, 4) is 0 Å². The number of amides is 2. The monoisotopic (exact) mass is 412 g/mol. The van der Waals surface area contributed by atoms with E-state index in [1.807, 2.05) is 0 Å². The number of fused-ring (bicyclic) bond motifs is 3. The Morgan fingerprint density at radius 1 is 1.29 bits per heavy atom. The molecule has 1 atom stereocenters. The van der Waals surface area contributed by atoms with Crippen LogP contribution in [-0.4, -0.2) is 27.5 Å². The van der Waals surface area contributed by atoms with Crippen molar-refractivity contribution in [1.82, 2.24) is 9.97 Å². The normalized spacial score (nSPS) is 16.0. The minimum Gasteiger partial charge on any atom is -0.366 e. The fraction of sp³-hybridized carbons (Fsp3) is 0.300. The molecule has 2 amide bonds. The SMILES string of the molecule is C[C@H]1CCc2c(sc3ncnc(SCC(=O)Nc4ccc(C(N)=O)cc4)c23)C1. The molecule has 0 spiro atoms. The van der Waals surface area contributed by atoms with Crippen molar-refractivity contribution in [2.75, 3.05) is 11.1 Å². The van der Waals surface area contributed by atoms with Crippen molar-refractivity contribution in [2.24, 2.45) is 11.7 Å². The molecule has 4 rings (SSSR count). The van der Waals surface area contributed by atoms with E-state index in [9.17, 15) is 9.59 Å². The van der Waals surface area contributed by atoms with Gasteiger partial charge in [0.05, 0.1) is 5.75 Å². The van der Waals surface area contributed by atoms with Gasteiger partial charge < -0.3 is 11.1 Å². The van der Waals surface area contributed by atoms with E-state index in [0.29, 0.717) is 17.2 Å². The molecule has 1 aromatic carbocycles. The van der Waals surface area contributed by atoms with Gasteiger partial charge in [0, 0.05) is 21.5 Å². The van der Waals surface area contributed by atoms with Crippen molar-refractivity contribution in [3.63, 3.8) is 0 Å². The topological polar surface area (TPSA) is 98.0 Å². The first-order valence-corrected chi connectivity index (χ1v) is 10.9. The van der Waals surface area contributed by atoms with Crippen LogP contribution in [0.1, 0.15) is 34.1 Å². The van der Waals surface area contributed by atoms with Crippen LogP contribution in [0.4, 0.5) is 5.69 Å². The van der Waals surface area contributed by atoms with Gasteiger partial charge in [0.15, 0.2) is 0 Å². The number of carbonyl (C=O) groups is 2. The third-order valence-corrected chi connectivity index (χ3v) is 7.00. The average Bonchev–Trinajstić information content (AvgIpc) is 3.04. The Balaban J connectivity index is 1.46. The summed E-state index contributed by atoms with van der Waals surface area (Å²) in [5.74, 6) is 0.345. The van der Waals surface area contributed by atoms with Crippen molar-refractivity contribution in [2.45, 2.75) is 31.2 Å². The second-order valence-electron chi connectivity index (χ2n) is 6.99. The summed E-state index contributed by atoms with van der Waals surface area (Å²) in [7, 11) is 0. The number of hydrogen-bond acceptors (Lipinski definition) is 6. The van der Waals surface area contributed by atoms with Gasteiger partial charge in [0.25, 0.3) is 0 Å². The molecule has 3 aromatic rings. The minimum atomic E-state index is -0.491. The van der Waals surface area contributed by atoms with E-state index in [0.717, 1.165) is 28.1 Å². The van der Waals surface area contributed by atoms with Gasteiger partial charge in [-0.05, 0) is 55.0 Å². The zero-order valence-corrected chi connectivity index (χ0v) is 17.0. The van der Waals surface area contributed by atoms with E-state index >= 15 is 0 Å². The predicted octanol–water partition coefficient (Wildman–Crippen LogP) is 3.65. The van der Waals surface area contributed by atoms with Crippen molar-refractivity contribution < 1.29 is 9.59 Å². The molecule has 1 aliphatic carbocycles. The lowest BCUT2D eigenvalue weighted by atomic mass is 9.89. The summed E-state index contributed by atoms with van der Waals surface area (Å²) in [5, 5.41) is 4.83. The Morgan fingerprint density at radius 2 is 2.07 bits per heavy atom. The third kappa shape index (κ3) is 3.88. The molecule has 28 heavy (non-hydrogen) atoms. The predicted molar refractivity (Wildman–Crippen MR) is 113 cm³/mol. The van der Waals surface area contributed by atoms with Crippen LogP contribution < -0.4 is 11.1 Å². The first-order valence-electron chi connectivity index (χ1n) is 9.09. The summed E-state index contributed by atoms with van der Waals surface area (Å²) in [4.78, 5) is 34.8. The number of carbonyl (C=O) groups excluding carboxylic acids is 2. The van der Waals surface area contributed by atoms with Gasteiger partial charge in [-0.15, -0.1) is 11.3 Å². The molecule has 1 aliphatic rings. The fourth-order valence-electron chi connectivity index (χ4n) is 3.40.